The van der Waals surface area contributed by atoms with Crippen molar-refractivity contribution in [3.05, 3.63) is 48.0 Å². The maximum absolute atomic E-state index is 11.1. The minimum Gasteiger partial charge on any atom is -0.459 e. The highest BCUT2D eigenvalue weighted by atomic mass is 16.6. The highest BCUT2D eigenvalue weighted by molar-refractivity contribution is 5.83. The van der Waals surface area contributed by atoms with Crippen molar-refractivity contribution in [1.29, 1.82) is 0 Å². The van der Waals surface area contributed by atoms with E-state index in [4.69, 9.17) is 4.74 Å². The molecule has 0 atom stereocenters. The molecule has 2 aromatic rings. The summed E-state index contributed by atoms with van der Waals surface area (Å²) in [6, 6.07) is 14.1. The van der Waals surface area contributed by atoms with Crippen LogP contribution in [0.5, 0.6) is 0 Å². The predicted octanol–water partition coefficient (Wildman–Crippen LogP) is 2.53. The molecule has 0 aliphatic heterocycles. The molecule has 0 radical (unpaired) electrons. The van der Waals surface area contributed by atoms with Gasteiger partial charge < -0.3 is 9.47 Å². The smallest absolute Gasteiger partial charge is 0.332 e. The van der Waals surface area contributed by atoms with E-state index in [1.165, 1.54) is 12.5 Å². The molecule has 0 saturated heterocycles. The second-order valence-electron chi connectivity index (χ2n) is 3.78. The molecule has 3 heteroatoms. The first-order chi connectivity index (χ1) is 8.29. The second kappa shape index (κ2) is 5.46. The minimum atomic E-state index is -0.347. The van der Waals surface area contributed by atoms with Crippen LogP contribution < -0.4 is 0 Å². The minimum absolute atomic E-state index is 0.00637. The number of hydrogen-bond acceptors (Lipinski definition) is 3. The van der Waals surface area contributed by atoms with Gasteiger partial charge in [-0.1, -0.05) is 36.4 Å². The normalized spacial score (nSPS) is 10.4. The molecule has 2 rings (SSSR count). The summed E-state index contributed by atoms with van der Waals surface area (Å²) in [5.74, 6) is -0.347. The van der Waals surface area contributed by atoms with Gasteiger partial charge in [-0.3, -0.25) is 0 Å². The Morgan fingerprint density at radius 3 is 2.65 bits per heavy atom. The molecule has 17 heavy (non-hydrogen) atoms. The largest absolute Gasteiger partial charge is 0.459 e. The first-order valence-electron chi connectivity index (χ1n) is 5.42. The average molecular weight is 230 g/mol. The van der Waals surface area contributed by atoms with Crippen LogP contribution in [0.2, 0.25) is 0 Å². The topological polar surface area (TPSA) is 35.5 Å². The molecule has 0 saturated carbocycles. The van der Waals surface area contributed by atoms with Gasteiger partial charge in [-0.15, -0.1) is 0 Å². The third-order valence-electron chi connectivity index (χ3n) is 2.48. The highest BCUT2D eigenvalue weighted by Gasteiger charge is 2.02. The van der Waals surface area contributed by atoms with Crippen LogP contribution in [0.15, 0.2) is 42.5 Å². The van der Waals surface area contributed by atoms with E-state index in [2.05, 4.69) is 10.8 Å². The van der Waals surface area contributed by atoms with E-state index in [0.717, 1.165) is 10.9 Å². The summed E-state index contributed by atoms with van der Waals surface area (Å²) < 4.78 is 9.74. The molecule has 88 valence electrons. The molecule has 3 nitrogen and oxygen atoms in total. The molecule has 0 unspecified atom stereocenters. The molecule has 2 aromatic carbocycles. The van der Waals surface area contributed by atoms with Crippen molar-refractivity contribution in [2.45, 2.75) is 6.61 Å². The van der Waals surface area contributed by atoms with Gasteiger partial charge in [0.15, 0.2) is 0 Å². The molecule has 0 aliphatic rings. The molecule has 0 amide bonds. The Kier molecular flexibility index (Phi) is 3.73. The summed E-state index contributed by atoms with van der Waals surface area (Å²) >= 11 is 0. The lowest BCUT2D eigenvalue weighted by Gasteiger charge is -2.05. The number of benzene rings is 2. The lowest BCUT2D eigenvalue weighted by Crippen LogP contribution is -2.10. The summed E-state index contributed by atoms with van der Waals surface area (Å²) in [6.07, 6.45) is 0. The van der Waals surface area contributed by atoms with E-state index in [0.29, 0.717) is 0 Å². The van der Waals surface area contributed by atoms with Crippen molar-refractivity contribution in [1.82, 2.24) is 0 Å². The third kappa shape index (κ3) is 3.04. The van der Waals surface area contributed by atoms with Crippen LogP contribution in [0.25, 0.3) is 10.8 Å². The zero-order valence-electron chi connectivity index (χ0n) is 9.68. The molecule has 0 bridgehead atoms. The van der Waals surface area contributed by atoms with Gasteiger partial charge in [0.1, 0.15) is 13.2 Å². The van der Waals surface area contributed by atoms with Gasteiger partial charge in [0.05, 0.1) is 0 Å². The summed E-state index contributed by atoms with van der Waals surface area (Å²) in [5, 5.41) is 2.33. The van der Waals surface area contributed by atoms with E-state index in [1.54, 1.807) is 0 Å². The zero-order valence-corrected chi connectivity index (χ0v) is 9.68. The molecule has 0 fully saturated rings. The van der Waals surface area contributed by atoms with Gasteiger partial charge in [-0.2, -0.15) is 0 Å². The number of ether oxygens (including phenoxy) is 2. The molecule has 0 aliphatic carbocycles. The van der Waals surface area contributed by atoms with Gasteiger partial charge >= 0.3 is 5.97 Å². The van der Waals surface area contributed by atoms with Gasteiger partial charge in [-0.05, 0) is 22.4 Å². The van der Waals surface area contributed by atoms with Gasteiger partial charge in [0, 0.05) is 7.11 Å². The standard InChI is InChI=1S/C14H14O3/c1-16-10-14(15)17-9-11-6-7-12-4-2-3-5-13(12)8-11/h2-8H,9-10H2,1H3. The van der Waals surface area contributed by atoms with Crippen molar-refractivity contribution in [2.24, 2.45) is 0 Å². The van der Waals surface area contributed by atoms with E-state index in [1.807, 2.05) is 36.4 Å². The quantitative estimate of drug-likeness (QED) is 0.757. The lowest BCUT2D eigenvalue weighted by molar-refractivity contribution is -0.149. The molecular weight excluding hydrogens is 216 g/mol. The van der Waals surface area contributed by atoms with Crippen LogP contribution in [0.4, 0.5) is 0 Å². The van der Waals surface area contributed by atoms with Crippen LogP contribution in [0.3, 0.4) is 0 Å². The highest BCUT2D eigenvalue weighted by Crippen LogP contribution is 2.16. The Labute approximate surface area is 100.0 Å². The van der Waals surface area contributed by atoms with Crippen LogP contribution in [-0.2, 0) is 20.9 Å². The van der Waals surface area contributed by atoms with Crippen molar-refractivity contribution >= 4 is 16.7 Å². The SMILES string of the molecule is COCC(=O)OCc1ccc2ccccc2c1. The Balaban J connectivity index is 2.06. The lowest BCUT2D eigenvalue weighted by atomic mass is 10.1. The van der Waals surface area contributed by atoms with E-state index in [-0.39, 0.29) is 19.2 Å². The maximum Gasteiger partial charge on any atom is 0.332 e. The first kappa shape index (κ1) is 11.6. The fourth-order valence-electron chi connectivity index (χ4n) is 1.65. The van der Waals surface area contributed by atoms with Crippen molar-refractivity contribution in [2.75, 3.05) is 13.7 Å². The average Bonchev–Trinajstić information content (AvgIpc) is 2.36. The van der Waals surface area contributed by atoms with E-state index in [9.17, 15) is 4.79 Å². The van der Waals surface area contributed by atoms with Gasteiger partial charge in [-0.25, -0.2) is 4.79 Å². The monoisotopic (exact) mass is 230 g/mol. The predicted molar refractivity (Wildman–Crippen MR) is 65.6 cm³/mol. The van der Waals surface area contributed by atoms with E-state index < -0.39 is 0 Å². The third-order valence-corrected chi connectivity index (χ3v) is 2.48. The molecule has 0 spiro atoms. The molecular formula is C14H14O3. The number of esters is 1. The van der Waals surface area contributed by atoms with Crippen LogP contribution in [0, 0.1) is 0 Å². The van der Waals surface area contributed by atoms with Gasteiger partial charge in [0.2, 0.25) is 0 Å². The number of rotatable bonds is 4. The number of carbonyl (C=O) groups is 1. The molecule has 0 heterocycles. The van der Waals surface area contributed by atoms with Crippen LogP contribution in [0.1, 0.15) is 5.56 Å². The van der Waals surface area contributed by atoms with Crippen LogP contribution in [-0.4, -0.2) is 19.7 Å². The number of carbonyl (C=O) groups excluding carboxylic acids is 1. The summed E-state index contributed by atoms with van der Waals surface area (Å²) in [4.78, 5) is 11.1. The molecule has 0 aromatic heterocycles. The summed E-state index contributed by atoms with van der Waals surface area (Å²) in [5.41, 5.74) is 0.980. The fraction of sp³-hybridized carbons (Fsp3) is 0.214. The summed E-state index contributed by atoms with van der Waals surface area (Å²) in [7, 11) is 1.47. The number of fused-ring (bicyclic) bond motifs is 1. The Morgan fingerprint density at radius 2 is 1.88 bits per heavy atom. The van der Waals surface area contributed by atoms with E-state index >= 15 is 0 Å². The fourth-order valence-corrected chi connectivity index (χ4v) is 1.65. The van der Waals surface area contributed by atoms with Crippen molar-refractivity contribution < 1.29 is 14.3 Å². The van der Waals surface area contributed by atoms with Crippen molar-refractivity contribution in [3.8, 4) is 0 Å². The van der Waals surface area contributed by atoms with Crippen molar-refractivity contribution in [3.63, 3.8) is 0 Å². The zero-order chi connectivity index (χ0) is 12.1. The molecule has 0 N–H and O–H groups in total. The second-order valence-corrected chi connectivity index (χ2v) is 3.78. The number of hydrogen-bond donors (Lipinski definition) is 0. The Hall–Kier alpha value is -1.87. The Bertz CT molecular complexity index is 520. The first-order valence-corrected chi connectivity index (χ1v) is 5.42. The Morgan fingerprint density at radius 1 is 1.12 bits per heavy atom. The maximum atomic E-state index is 11.1. The summed E-state index contributed by atoms with van der Waals surface area (Å²) in [6.45, 7) is 0.278. The number of methoxy groups -OCH3 is 1. The van der Waals surface area contributed by atoms with Gasteiger partial charge in [0.25, 0.3) is 0 Å². The van der Waals surface area contributed by atoms with Crippen LogP contribution >= 0.6 is 0 Å².